The molecule has 5 aromatic carbocycles. The highest BCUT2D eigenvalue weighted by Gasteiger charge is 2.39. The number of halogens is 1. The number of hydrazone groups is 1. The summed E-state index contributed by atoms with van der Waals surface area (Å²) in [5.41, 5.74) is 7.09. The molecule has 1 aromatic heterocycles. The molecule has 0 saturated heterocycles. The van der Waals surface area contributed by atoms with E-state index in [1.54, 1.807) is 54.7 Å². The van der Waals surface area contributed by atoms with Crippen LogP contribution in [0, 0.1) is 0 Å². The van der Waals surface area contributed by atoms with Gasteiger partial charge in [0.15, 0.2) is 5.60 Å². The van der Waals surface area contributed by atoms with Crippen LogP contribution >= 0.6 is 11.6 Å². The number of benzene rings is 5. The number of rotatable bonds is 8. The molecule has 0 radical (unpaired) electrons. The third kappa shape index (κ3) is 5.64. The summed E-state index contributed by atoms with van der Waals surface area (Å²) in [6, 6.07) is 47.6. The second kappa shape index (κ2) is 12.3. The van der Waals surface area contributed by atoms with Gasteiger partial charge in [-0.05, 0) is 52.6 Å². The quantitative estimate of drug-likeness (QED) is 0.142. The summed E-state index contributed by atoms with van der Waals surface area (Å²) in [4.78, 5) is 13.7. The van der Waals surface area contributed by atoms with Crippen molar-refractivity contribution in [2.45, 2.75) is 5.60 Å². The van der Waals surface area contributed by atoms with Crippen molar-refractivity contribution in [1.82, 2.24) is 9.99 Å². The van der Waals surface area contributed by atoms with Crippen molar-refractivity contribution in [2.75, 3.05) is 0 Å². The van der Waals surface area contributed by atoms with Gasteiger partial charge in [0, 0.05) is 16.3 Å². The van der Waals surface area contributed by atoms with Crippen LogP contribution in [0.1, 0.15) is 16.7 Å². The summed E-state index contributed by atoms with van der Waals surface area (Å²) in [6.07, 6.45) is 1.62. The van der Waals surface area contributed by atoms with Crippen LogP contribution in [0.15, 0.2) is 157 Å². The van der Waals surface area contributed by atoms with Crippen molar-refractivity contribution in [3.63, 3.8) is 0 Å². The van der Waals surface area contributed by atoms with E-state index in [1.165, 1.54) is 0 Å². The number of amides is 1. The predicted octanol–water partition coefficient (Wildman–Crippen LogP) is 7.85. The van der Waals surface area contributed by atoms with Gasteiger partial charge in [-0.2, -0.15) is 5.10 Å². The number of nitrogens with one attached hydrogen (secondary N) is 1. The molecule has 1 heterocycles. The van der Waals surface area contributed by atoms with E-state index in [1.807, 2.05) is 91.0 Å². The standard InChI is InChI=1S/C37H28ClN3O2/c38-32-21-23-33(24-22-32)41-34(27-13-5-1-6-14-27)25-29(35(41)28-15-7-2-8-16-28)26-39-40-36(42)37(43,30-17-9-3-10-18-30)31-19-11-4-12-20-31/h1-26,43H,(H,40,42)/b39-26+. The first-order chi connectivity index (χ1) is 21.1. The number of hydrogen-bond acceptors (Lipinski definition) is 3. The molecule has 6 heteroatoms. The zero-order chi connectivity index (χ0) is 29.6. The minimum atomic E-state index is -1.94. The molecule has 0 atom stereocenters. The molecule has 0 bridgehead atoms. The Morgan fingerprint density at radius 3 is 1.72 bits per heavy atom. The fraction of sp³-hybridized carbons (Fsp3) is 0.0270. The predicted molar refractivity (Wildman–Crippen MR) is 173 cm³/mol. The molecule has 6 aromatic rings. The second-order valence-electron chi connectivity index (χ2n) is 10.0. The Morgan fingerprint density at radius 2 is 1.19 bits per heavy atom. The lowest BCUT2D eigenvalue weighted by Crippen LogP contribution is -2.43. The Morgan fingerprint density at radius 1 is 0.698 bits per heavy atom. The van der Waals surface area contributed by atoms with Gasteiger partial charge in [0.1, 0.15) is 0 Å². The molecule has 0 unspecified atom stereocenters. The summed E-state index contributed by atoms with van der Waals surface area (Å²) in [6.45, 7) is 0. The van der Waals surface area contributed by atoms with Crippen LogP contribution in [0.2, 0.25) is 5.02 Å². The van der Waals surface area contributed by atoms with Gasteiger partial charge < -0.3 is 9.67 Å². The average molecular weight is 582 g/mol. The molecule has 0 saturated carbocycles. The number of nitrogens with zero attached hydrogens (tertiary/aromatic N) is 2. The van der Waals surface area contributed by atoms with Gasteiger partial charge in [0.2, 0.25) is 0 Å². The lowest BCUT2D eigenvalue weighted by atomic mass is 9.85. The first-order valence-corrected chi connectivity index (χ1v) is 14.2. The summed E-state index contributed by atoms with van der Waals surface area (Å²) >= 11 is 6.25. The van der Waals surface area contributed by atoms with Crippen LogP contribution in [-0.2, 0) is 10.4 Å². The van der Waals surface area contributed by atoms with Gasteiger partial charge in [-0.25, -0.2) is 5.43 Å². The normalized spacial score (nSPS) is 11.5. The van der Waals surface area contributed by atoms with Crippen molar-refractivity contribution in [3.8, 4) is 28.2 Å². The third-order valence-electron chi connectivity index (χ3n) is 7.31. The fourth-order valence-corrected chi connectivity index (χ4v) is 5.35. The maximum absolute atomic E-state index is 13.7. The molecule has 0 aliphatic carbocycles. The van der Waals surface area contributed by atoms with E-state index in [9.17, 15) is 9.90 Å². The highest BCUT2D eigenvalue weighted by Crippen LogP contribution is 2.36. The molecule has 0 aliphatic heterocycles. The second-order valence-corrected chi connectivity index (χ2v) is 10.5. The van der Waals surface area contributed by atoms with E-state index in [4.69, 9.17) is 11.6 Å². The monoisotopic (exact) mass is 581 g/mol. The van der Waals surface area contributed by atoms with Crippen molar-refractivity contribution < 1.29 is 9.90 Å². The van der Waals surface area contributed by atoms with Gasteiger partial charge >= 0.3 is 0 Å². The van der Waals surface area contributed by atoms with Crippen LogP contribution in [0.3, 0.4) is 0 Å². The molecule has 210 valence electrons. The Kier molecular flexibility index (Phi) is 8.01. The van der Waals surface area contributed by atoms with Crippen molar-refractivity contribution in [3.05, 3.63) is 173 Å². The molecule has 6 rings (SSSR count). The Labute approximate surface area is 255 Å². The van der Waals surface area contributed by atoms with Gasteiger partial charge in [-0.1, -0.05) is 133 Å². The highest BCUT2D eigenvalue weighted by molar-refractivity contribution is 6.30. The minimum absolute atomic E-state index is 0.444. The number of hydrogen-bond donors (Lipinski definition) is 2. The lowest BCUT2D eigenvalue weighted by molar-refractivity contribution is -0.136. The average Bonchev–Trinajstić information content (AvgIpc) is 3.45. The molecule has 0 aliphatic rings. The molecule has 1 amide bonds. The van der Waals surface area contributed by atoms with E-state index in [0.717, 1.165) is 33.8 Å². The maximum Gasteiger partial charge on any atom is 0.281 e. The Bertz CT molecular complexity index is 1810. The summed E-state index contributed by atoms with van der Waals surface area (Å²) in [5, 5.41) is 16.8. The Hall–Kier alpha value is -5.23. The summed E-state index contributed by atoms with van der Waals surface area (Å²) in [7, 11) is 0. The summed E-state index contributed by atoms with van der Waals surface area (Å²) in [5.74, 6) is -0.664. The van der Waals surface area contributed by atoms with E-state index >= 15 is 0 Å². The van der Waals surface area contributed by atoms with Crippen molar-refractivity contribution >= 4 is 23.7 Å². The number of carbonyl (C=O) groups is 1. The molecule has 43 heavy (non-hydrogen) atoms. The first-order valence-electron chi connectivity index (χ1n) is 13.8. The number of carbonyl (C=O) groups excluding carboxylic acids is 1. The SMILES string of the molecule is O=C(N/N=C/c1cc(-c2ccccc2)n(-c2ccc(Cl)cc2)c1-c1ccccc1)C(O)(c1ccccc1)c1ccccc1. The molecular weight excluding hydrogens is 554 g/mol. The van der Waals surface area contributed by atoms with Crippen LogP contribution in [0.4, 0.5) is 0 Å². The van der Waals surface area contributed by atoms with Crippen LogP contribution in [0.25, 0.3) is 28.2 Å². The molecule has 5 nitrogen and oxygen atoms in total. The number of aliphatic hydroxyl groups is 1. The van der Waals surface area contributed by atoms with Gasteiger partial charge in [0.25, 0.3) is 5.91 Å². The van der Waals surface area contributed by atoms with Crippen LogP contribution < -0.4 is 5.43 Å². The van der Waals surface area contributed by atoms with Crippen LogP contribution in [0.5, 0.6) is 0 Å². The van der Waals surface area contributed by atoms with E-state index in [0.29, 0.717) is 16.1 Å². The smallest absolute Gasteiger partial charge is 0.281 e. The van der Waals surface area contributed by atoms with Crippen molar-refractivity contribution in [2.24, 2.45) is 5.10 Å². The zero-order valence-electron chi connectivity index (χ0n) is 23.1. The summed E-state index contributed by atoms with van der Waals surface area (Å²) < 4.78 is 2.16. The largest absolute Gasteiger partial charge is 0.372 e. The number of aromatic nitrogens is 1. The molecule has 2 N–H and O–H groups in total. The van der Waals surface area contributed by atoms with E-state index in [2.05, 4.69) is 27.2 Å². The zero-order valence-corrected chi connectivity index (χ0v) is 23.9. The Balaban J connectivity index is 1.45. The van der Waals surface area contributed by atoms with Gasteiger partial charge in [0.05, 0.1) is 17.6 Å². The molecule has 0 fully saturated rings. The van der Waals surface area contributed by atoms with E-state index < -0.39 is 11.5 Å². The molecular formula is C37H28ClN3O2. The topological polar surface area (TPSA) is 66.6 Å². The highest BCUT2D eigenvalue weighted by atomic mass is 35.5. The third-order valence-corrected chi connectivity index (χ3v) is 7.57. The van der Waals surface area contributed by atoms with Crippen LogP contribution in [-0.4, -0.2) is 21.8 Å². The van der Waals surface area contributed by atoms with Gasteiger partial charge in [-0.15, -0.1) is 0 Å². The van der Waals surface area contributed by atoms with Gasteiger partial charge in [-0.3, -0.25) is 4.79 Å². The molecule has 0 spiro atoms. The maximum atomic E-state index is 13.7. The minimum Gasteiger partial charge on any atom is -0.372 e. The lowest BCUT2D eigenvalue weighted by Gasteiger charge is -2.27. The first kappa shape index (κ1) is 27.9. The van der Waals surface area contributed by atoms with Crippen molar-refractivity contribution in [1.29, 1.82) is 0 Å². The van der Waals surface area contributed by atoms with E-state index in [-0.39, 0.29) is 0 Å². The fourth-order valence-electron chi connectivity index (χ4n) is 5.23.